The lowest BCUT2D eigenvalue weighted by atomic mass is 9.94. The number of carbonyl (C=O) groups excluding carboxylic acids is 1. The molecule has 28 heavy (non-hydrogen) atoms. The van der Waals surface area contributed by atoms with E-state index >= 15 is 0 Å². The first kappa shape index (κ1) is 18.4. The molecule has 1 aliphatic rings. The number of nitrogens with zero attached hydrogens (tertiary/aromatic N) is 1. The summed E-state index contributed by atoms with van der Waals surface area (Å²) in [6.07, 6.45) is 1.15. The molecular weight excluding hydrogens is 350 g/mol. The van der Waals surface area contributed by atoms with Crippen molar-refractivity contribution in [3.63, 3.8) is 0 Å². The summed E-state index contributed by atoms with van der Waals surface area (Å²) in [6.45, 7) is 5.62. The lowest BCUT2D eigenvalue weighted by molar-refractivity contribution is 0.0951. The number of benzene rings is 2. The van der Waals surface area contributed by atoms with Crippen LogP contribution in [0.15, 0.2) is 59.4 Å². The van der Waals surface area contributed by atoms with Crippen LogP contribution in [-0.4, -0.2) is 42.0 Å². The largest absolute Gasteiger partial charge is 0.351 e. The number of rotatable bonds is 5. The third kappa shape index (κ3) is 3.85. The maximum Gasteiger partial charge on any atom is 0.252 e. The van der Waals surface area contributed by atoms with Gasteiger partial charge in [-0.25, -0.2) is 0 Å². The number of fused-ring (bicyclic) bond motifs is 1. The van der Waals surface area contributed by atoms with Crippen molar-refractivity contribution in [1.29, 1.82) is 0 Å². The van der Waals surface area contributed by atoms with E-state index in [2.05, 4.69) is 46.4 Å². The van der Waals surface area contributed by atoms with Crippen LogP contribution in [0.25, 0.3) is 10.9 Å². The second-order valence-corrected chi connectivity index (χ2v) is 7.49. The lowest BCUT2D eigenvalue weighted by Crippen LogP contribution is -2.34. The molecule has 1 amide bonds. The van der Waals surface area contributed by atoms with Gasteiger partial charge in [0.1, 0.15) is 0 Å². The lowest BCUT2D eigenvalue weighted by Gasteiger charge is -2.17. The van der Waals surface area contributed by atoms with Gasteiger partial charge >= 0.3 is 0 Å². The van der Waals surface area contributed by atoms with E-state index < -0.39 is 0 Å². The monoisotopic (exact) mass is 375 g/mol. The Labute approximate surface area is 164 Å². The molecule has 5 heteroatoms. The van der Waals surface area contributed by atoms with Crippen LogP contribution in [0.4, 0.5) is 0 Å². The third-order valence-corrected chi connectivity index (χ3v) is 5.61. The number of pyridine rings is 1. The molecule has 1 aliphatic heterocycles. The molecule has 2 N–H and O–H groups in total. The summed E-state index contributed by atoms with van der Waals surface area (Å²) in [4.78, 5) is 29.6. The molecule has 144 valence electrons. The summed E-state index contributed by atoms with van der Waals surface area (Å²) < 4.78 is 0. The molecule has 1 fully saturated rings. The Morgan fingerprint density at radius 1 is 1.18 bits per heavy atom. The first-order chi connectivity index (χ1) is 13.6. The van der Waals surface area contributed by atoms with Crippen LogP contribution in [0.3, 0.4) is 0 Å². The third-order valence-electron chi connectivity index (χ3n) is 5.61. The Balaban J connectivity index is 1.36. The minimum absolute atomic E-state index is 0.197. The fourth-order valence-electron chi connectivity index (χ4n) is 4.15. The van der Waals surface area contributed by atoms with E-state index in [1.54, 1.807) is 0 Å². The van der Waals surface area contributed by atoms with Gasteiger partial charge in [-0.2, -0.15) is 0 Å². The topological polar surface area (TPSA) is 65.2 Å². The number of H-pyrrole nitrogens is 1. The molecule has 1 aromatic heterocycles. The predicted molar refractivity (Wildman–Crippen MR) is 112 cm³/mol. The van der Waals surface area contributed by atoms with Crippen molar-refractivity contribution in [3.8, 4) is 0 Å². The number of likely N-dealkylation sites (tertiary alicyclic amines) is 1. The summed E-state index contributed by atoms with van der Waals surface area (Å²) in [5, 5.41) is 3.74. The van der Waals surface area contributed by atoms with Crippen molar-refractivity contribution in [2.24, 2.45) is 0 Å². The van der Waals surface area contributed by atoms with E-state index in [1.807, 2.05) is 24.3 Å². The number of para-hydroxylation sites is 1. The highest BCUT2D eigenvalue weighted by atomic mass is 16.2. The van der Waals surface area contributed by atoms with Crippen LogP contribution in [0.2, 0.25) is 0 Å². The molecule has 0 radical (unpaired) electrons. The number of nitrogens with one attached hydrogen (secondary N) is 2. The zero-order chi connectivity index (χ0) is 19.5. The van der Waals surface area contributed by atoms with Gasteiger partial charge in [0.05, 0.1) is 5.56 Å². The Morgan fingerprint density at radius 2 is 1.96 bits per heavy atom. The fourth-order valence-corrected chi connectivity index (χ4v) is 4.15. The van der Waals surface area contributed by atoms with Gasteiger partial charge in [0, 0.05) is 36.6 Å². The van der Waals surface area contributed by atoms with Crippen LogP contribution in [-0.2, 0) is 0 Å². The highest BCUT2D eigenvalue weighted by Gasteiger charge is 2.24. The van der Waals surface area contributed by atoms with E-state index in [1.165, 1.54) is 17.2 Å². The minimum Gasteiger partial charge on any atom is -0.351 e. The molecule has 2 aromatic carbocycles. The van der Waals surface area contributed by atoms with E-state index in [0.29, 0.717) is 23.5 Å². The SMILES string of the molecule is Cc1ccccc1C1CCN(CCNC(=O)c2cc(=O)[nH]c3ccccc23)C1. The Kier molecular flexibility index (Phi) is 5.26. The number of amides is 1. The van der Waals surface area contributed by atoms with Crippen LogP contribution in [0, 0.1) is 6.92 Å². The number of aromatic amines is 1. The molecule has 0 spiro atoms. The number of carbonyl (C=O) groups is 1. The molecule has 3 aromatic rings. The van der Waals surface area contributed by atoms with E-state index in [4.69, 9.17) is 0 Å². The van der Waals surface area contributed by atoms with Crippen molar-refractivity contribution >= 4 is 16.8 Å². The first-order valence-electron chi connectivity index (χ1n) is 9.80. The standard InChI is InChI=1S/C23H25N3O2/c1-16-6-2-3-7-18(16)17-10-12-26(15-17)13-11-24-23(28)20-14-22(27)25-21-9-5-4-8-19(20)21/h2-9,14,17H,10-13,15H2,1H3,(H,24,28)(H,25,27). The molecule has 0 aliphatic carbocycles. The molecule has 1 unspecified atom stereocenters. The molecule has 2 heterocycles. The summed E-state index contributed by atoms with van der Waals surface area (Å²) in [7, 11) is 0. The van der Waals surface area contributed by atoms with Gasteiger partial charge in [-0.3, -0.25) is 9.59 Å². The zero-order valence-electron chi connectivity index (χ0n) is 16.1. The van der Waals surface area contributed by atoms with Crippen LogP contribution in [0.5, 0.6) is 0 Å². The van der Waals surface area contributed by atoms with Crippen molar-refractivity contribution in [3.05, 3.63) is 81.6 Å². The fraction of sp³-hybridized carbons (Fsp3) is 0.304. The normalized spacial score (nSPS) is 17.1. The van der Waals surface area contributed by atoms with Crippen molar-refractivity contribution < 1.29 is 4.79 Å². The molecule has 4 rings (SSSR count). The van der Waals surface area contributed by atoms with Crippen molar-refractivity contribution in [2.45, 2.75) is 19.3 Å². The second-order valence-electron chi connectivity index (χ2n) is 7.49. The number of aryl methyl sites for hydroxylation is 1. The molecule has 0 bridgehead atoms. The molecular formula is C23H25N3O2. The predicted octanol–water partition coefficient (Wildman–Crippen LogP) is 3.06. The zero-order valence-corrected chi connectivity index (χ0v) is 16.1. The van der Waals surface area contributed by atoms with Gasteiger partial charge < -0.3 is 15.2 Å². The average molecular weight is 375 g/mol. The van der Waals surface area contributed by atoms with Gasteiger partial charge in [0.2, 0.25) is 5.56 Å². The number of hydrogen-bond acceptors (Lipinski definition) is 3. The highest BCUT2D eigenvalue weighted by molar-refractivity contribution is 6.05. The molecule has 1 atom stereocenters. The second kappa shape index (κ2) is 7.98. The van der Waals surface area contributed by atoms with E-state index in [9.17, 15) is 9.59 Å². The number of hydrogen-bond donors (Lipinski definition) is 2. The minimum atomic E-state index is -0.260. The van der Waals surface area contributed by atoms with Crippen molar-refractivity contribution in [2.75, 3.05) is 26.2 Å². The summed E-state index contributed by atoms with van der Waals surface area (Å²) in [5.74, 6) is 0.366. The Bertz CT molecular complexity index is 1060. The Morgan fingerprint density at radius 3 is 2.82 bits per heavy atom. The summed E-state index contributed by atoms with van der Waals surface area (Å²) in [5.41, 5.74) is 3.64. The smallest absolute Gasteiger partial charge is 0.252 e. The number of aromatic nitrogens is 1. The Hall–Kier alpha value is -2.92. The maximum atomic E-state index is 12.6. The molecule has 0 saturated carbocycles. The van der Waals surface area contributed by atoms with E-state index in [0.717, 1.165) is 31.4 Å². The van der Waals surface area contributed by atoms with Gasteiger partial charge in [-0.15, -0.1) is 0 Å². The van der Waals surface area contributed by atoms with Gasteiger partial charge in [-0.05, 0) is 43.0 Å². The van der Waals surface area contributed by atoms with Crippen molar-refractivity contribution in [1.82, 2.24) is 15.2 Å². The van der Waals surface area contributed by atoms with Gasteiger partial charge in [-0.1, -0.05) is 42.5 Å². The quantitative estimate of drug-likeness (QED) is 0.720. The molecule has 1 saturated heterocycles. The first-order valence-corrected chi connectivity index (χ1v) is 9.80. The van der Waals surface area contributed by atoms with Gasteiger partial charge in [0.15, 0.2) is 0 Å². The van der Waals surface area contributed by atoms with Gasteiger partial charge in [0.25, 0.3) is 5.91 Å². The van der Waals surface area contributed by atoms with E-state index in [-0.39, 0.29) is 11.5 Å². The van der Waals surface area contributed by atoms with Crippen LogP contribution < -0.4 is 10.9 Å². The average Bonchev–Trinajstić information content (AvgIpc) is 3.16. The van der Waals surface area contributed by atoms with Crippen LogP contribution in [0.1, 0.15) is 33.8 Å². The maximum absolute atomic E-state index is 12.6. The summed E-state index contributed by atoms with van der Waals surface area (Å²) >= 11 is 0. The summed E-state index contributed by atoms with van der Waals surface area (Å²) in [6, 6.07) is 17.3. The highest BCUT2D eigenvalue weighted by Crippen LogP contribution is 2.28. The molecule has 5 nitrogen and oxygen atoms in total. The van der Waals surface area contributed by atoms with Crippen LogP contribution >= 0.6 is 0 Å².